The van der Waals surface area contributed by atoms with Crippen LogP contribution in [0.25, 0.3) is 0 Å². The van der Waals surface area contributed by atoms with Crippen LogP contribution < -0.4 is 14.8 Å². The minimum atomic E-state index is -0.569. The van der Waals surface area contributed by atoms with Gasteiger partial charge in [-0.3, -0.25) is 0 Å². The van der Waals surface area contributed by atoms with Crippen molar-refractivity contribution in [2.24, 2.45) is 0 Å². The zero-order valence-electron chi connectivity index (χ0n) is 21.4. The fourth-order valence-electron chi connectivity index (χ4n) is 3.26. The molecule has 0 saturated carbocycles. The van der Waals surface area contributed by atoms with Crippen LogP contribution in [0.5, 0.6) is 17.2 Å². The third kappa shape index (κ3) is 8.89. The molecule has 0 aromatic heterocycles. The van der Waals surface area contributed by atoms with E-state index in [1.807, 2.05) is 45.0 Å². The summed E-state index contributed by atoms with van der Waals surface area (Å²) in [5.74, 6) is 0.830. The molecule has 0 aliphatic carbocycles. The Labute approximate surface area is 216 Å². The van der Waals surface area contributed by atoms with Crippen LogP contribution in [0, 0.1) is 11.3 Å². The molecule has 0 saturated heterocycles. The molecule has 0 aliphatic rings. The van der Waals surface area contributed by atoms with Gasteiger partial charge in [0.1, 0.15) is 29.5 Å². The Morgan fingerprint density at radius 1 is 0.919 bits per heavy atom. The Hall–Kier alpha value is -4.51. The van der Waals surface area contributed by atoms with Crippen molar-refractivity contribution in [2.75, 3.05) is 6.61 Å². The van der Waals surface area contributed by atoms with Gasteiger partial charge >= 0.3 is 12.1 Å². The van der Waals surface area contributed by atoms with Gasteiger partial charge < -0.3 is 24.3 Å². The summed E-state index contributed by atoms with van der Waals surface area (Å²) in [5, 5.41) is 11.7. The number of ether oxygens (including phenoxy) is 4. The first-order valence-corrected chi connectivity index (χ1v) is 11.8. The number of hydrogen-bond donors (Lipinski definition) is 1. The van der Waals surface area contributed by atoms with Crippen LogP contribution in [0.2, 0.25) is 0 Å². The second-order valence-corrected chi connectivity index (χ2v) is 9.12. The van der Waals surface area contributed by atoms with Crippen molar-refractivity contribution in [3.05, 3.63) is 89.0 Å². The number of carbonyl (C=O) groups is 2. The highest BCUT2D eigenvalue weighted by Crippen LogP contribution is 2.29. The lowest BCUT2D eigenvalue weighted by atomic mass is 10.1. The summed E-state index contributed by atoms with van der Waals surface area (Å²) < 4.78 is 22.3. The average molecular weight is 503 g/mol. The maximum atomic E-state index is 12.4. The summed E-state index contributed by atoms with van der Waals surface area (Å²) in [6.07, 6.45) is -0.486. The van der Waals surface area contributed by atoms with E-state index in [4.69, 9.17) is 24.2 Å². The second kappa shape index (κ2) is 12.5. The molecule has 192 valence electrons. The van der Waals surface area contributed by atoms with Crippen LogP contribution in [-0.4, -0.2) is 24.3 Å². The Balaban J connectivity index is 1.71. The monoisotopic (exact) mass is 502 g/mol. The molecule has 0 fully saturated rings. The molecule has 0 aliphatic heterocycles. The van der Waals surface area contributed by atoms with Crippen LogP contribution >= 0.6 is 0 Å². The SMILES string of the molecule is CCOC(=O)c1cc(OCc2cccc(CNC(=O)OC(C)(C)C)c2)cc(Oc2ccc(C#N)cc2)c1. The van der Waals surface area contributed by atoms with Crippen LogP contribution in [0.1, 0.15) is 54.7 Å². The number of esters is 1. The minimum absolute atomic E-state index is 0.225. The molecule has 0 unspecified atom stereocenters. The van der Waals surface area contributed by atoms with Gasteiger partial charge in [-0.05, 0) is 75.2 Å². The fourth-order valence-corrected chi connectivity index (χ4v) is 3.26. The zero-order chi connectivity index (χ0) is 26.8. The van der Waals surface area contributed by atoms with Crippen LogP contribution in [0.15, 0.2) is 66.7 Å². The molecule has 0 radical (unpaired) electrons. The van der Waals surface area contributed by atoms with Gasteiger partial charge in [-0.25, -0.2) is 9.59 Å². The highest BCUT2D eigenvalue weighted by molar-refractivity contribution is 5.90. The predicted octanol–water partition coefficient (Wildman–Crippen LogP) is 6.13. The van der Waals surface area contributed by atoms with E-state index in [2.05, 4.69) is 11.4 Å². The normalized spacial score (nSPS) is 10.7. The van der Waals surface area contributed by atoms with Crippen LogP contribution in [-0.2, 0) is 22.6 Å². The number of nitrogens with zero attached hydrogens (tertiary/aromatic N) is 1. The molecule has 3 rings (SSSR count). The van der Waals surface area contributed by atoms with Gasteiger partial charge in [0, 0.05) is 12.6 Å². The van der Waals surface area contributed by atoms with Crippen molar-refractivity contribution < 1.29 is 28.5 Å². The summed E-state index contributed by atoms with van der Waals surface area (Å²) in [7, 11) is 0. The molecule has 1 N–H and O–H groups in total. The minimum Gasteiger partial charge on any atom is -0.489 e. The van der Waals surface area contributed by atoms with E-state index in [0.29, 0.717) is 34.9 Å². The quantitative estimate of drug-likeness (QED) is 0.351. The van der Waals surface area contributed by atoms with Crippen molar-refractivity contribution in [3.8, 4) is 23.3 Å². The van der Waals surface area contributed by atoms with Gasteiger partial charge in [0.05, 0.1) is 23.8 Å². The van der Waals surface area contributed by atoms with Crippen molar-refractivity contribution in [1.82, 2.24) is 5.32 Å². The van der Waals surface area contributed by atoms with Crippen LogP contribution in [0.4, 0.5) is 4.79 Å². The summed E-state index contributed by atoms with van der Waals surface area (Å²) in [6, 6.07) is 21.1. The lowest BCUT2D eigenvalue weighted by Crippen LogP contribution is -2.32. The second-order valence-electron chi connectivity index (χ2n) is 9.12. The lowest BCUT2D eigenvalue weighted by molar-refractivity contribution is 0.0514. The highest BCUT2D eigenvalue weighted by atomic mass is 16.6. The van der Waals surface area contributed by atoms with Crippen molar-refractivity contribution in [2.45, 2.75) is 46.4 Å². The Morgan fingerprint density at radius 2 is 1.62 bits per heavy atom. The summed E-state index contributed by atoms with van der Waals surface area (Å²) in [4.78, 5) is 24.3. The fraction of sp³-hybridized carbons (Fsp3) is 0.276. The van der Waals surface area contributed by atoms with Gasteiger partial charge in [-0.1, -0.05) is 24.3 Å². The number of nitrogens with one attached hydrogen (secondary N) is 1. The van der Waals surface area contributed by atoms with E-state index in [9.17, 15) is 9.59 Å². The zero-order valence-corrected chi connectivity index (χ0v) is 21.4. The van der Waals surface area contributed by atoms with E-state index in [1.165, 1.54) is 0 Å². The molecule has 0 heterocycles. The number of benzene rings is 3. The molecule has 0 spiro atoms. The van der Waals surface area contributed by atoms with Gasteiger partial charge in [-0.2, -0.15) is 5.26 Å². The Bertz CT molecular complexity index is 1270. The summed E-state index contributed by atoms with van der Waals surface area (Å²) in [6.45, 7) is 7.93. The van der Waals surface area contributed by atoms with E-state index in [-0.39, 0.29) is 13.2 Å². The van der Waals surface area contributed by atoms with Crippen molar-refractivity contribution in [1.29, 1.82) is 5.26 Å². The molecular weight excluding hydrogens is 472 g/mol. The van der Waals surface area contributed by atoms with E-state index >= 15 is 0 Å². The molecule has 3 aromatic rings. The number of nitriles is 1. The third-order valence-electron chi connectivity index (χ3n) is 4.84. The lowest BCUT2D eigenvalue weighted by Gasteiger charge is -2.19. The van der Waals surface area contributed by atoms with E-state index < -0.39 is 17.7 Å². The van der Waals surface area contributed by atoms with Crippen LogP contribution in [0.3, 0.4) is 0 Å². The van der Waals surface area contributed by atoms with Gasteiger partial charge in [0.25, 0.3) is 0 Å². The molecule has 8 nitrogen and oxygen atoms in total. The molecule has 37 heavy (non-hydrogen) atoms. The number of rotatable bonds is 9. The average Bonchev–Trinajstić information content (AvgIpc) is 2.86. The Kier molecular flexibility index (Phi) is 9.11. The van der Waals surface area contributed by atoms with Crippen molar-refractivity contribution >= 4 is 12.1 Å². The smallest absolute Gasteiger partial charge is 0.407 e. The van der Waals surface area contributed by atoms with Gasteiger partial charge in [0.2, 0.25) is 0 Å². The molecular formula is C29H30N2O6. The standard InChI is InChI=1S/C29H30N2O6/c1-5-34-27(32)23-14-25(16-26(15-23)36-24-11-9-20(17-30)10-12-24)35-19-22-8-6-7-21(13-22)18-31-28(33)37-29(2,3)4/h6-16H,5,18-19H2,1-4H3,(H,31,33). The first kappa shape index (κ1) is 27.1. The highest BCUT2D eigenvalue weighted by Gasteiger charge is 2.16. The molecule has 3 aromatic carbocycles. The molecule has 0 atom stereocenters. The molecule has 8 heteroatoms. The maximum Gasteiger partial charge on any atom is 0.407 e. The number of carbonyl (C=O) groups excluding carboxylic acids is 2. The topological polar surface area (TPSA) is 107 Å². The first-order valence-electron chi connectivity index (χ1n) is 11.8. The van der Waals surface area contributed by atoms with Crippen molar-refractivity contribution in [3.63, 3.8) is 0 Å². The predicted molar refractivity (Wildman–Crippen MR) is 137 cm³/mol. The third-order valence-corrected chi connectivity index (χ3v) is 4.84. The number of alkyl carbamates (subject to hydrolysis) is 1. The molecule has 0 bridgehead atoms. The Morgan fingerprint density at radius 3 is 2.30 bits per heavy atom. The van der Waals surface area contributed by atoms with E-state index in [0.717, 1.165) is 11.1 Å². The van der Waals surface area contributed by atoms with Gasteiger partial charge in [-0.15, -0.1) is 0 Å². The maximum absolute atomic E-state index is 12.4. The van der Waals surface area contributed by atoms with E-state index in [1.54, 1.807) is 49.4 Å². The van der Waals surface area contributed by atoms with Gasteiger partial charge in [0.15, 0.2) is 0 Å². The number of hydrogen-bond acceptors (Lipinski definition) is 7. The molecule has 1 amide bonds. The first-order chi connectivity index (χ1) is 17.6. The largest absolute Gasteiger partial charge is 0.489 e. The summed E-state index contributed by atoms with van der Waals surface area (Å²) >= 11 is 0. The summed E-state index contributed by atoms with van der Waals surface area (Å²) in [5.41, 5.74) is 2.00. The number of amides is 1.